The largest absolute Gasteiger partial charge is 0.443 e. The molecule has 0 unspecified atom stereocenters. The van der Waals surface area contributed by atoms with Gasteiger partial charge in [0, 0.05) is 18.0 Å². The number of allylic oxidation sites excluding steroid dienone is 1. The highest BCUT2D eigenvalue weighted by Gasteiger charge is 2.50. The molecule has 3 rings (SSSR count). The number of hydrogen-bond donors (Lipinski definition) is 0. The van der Waals surface area contributed by atoms with Gasteiger partial charge in [-0.3, -0.25) is 4.79 Å². The van der Waals surface area contributed by atoms with E-state index >= 15 is 0 Å². The van der Waals surface area contributed by atoms with Crippen LogP contribution in [0, 0.1) is 5.92 Å². The molecule has 3 aliphatic rings. The molecule has 2 amide bonds. The first-order valence-electron chi connectivity index (χ1n) is 7.69. The number of nitrogens with zero attached hydrogens (tertiary/aromatic N) is 1. The van der Waals surface area contributed by atoms with Crippen LogP contribution >= 0.6 is 0 Å². The zero-order valence-electron chi connectivity index (χ0n) is 13.7. The van der Waals surface area contributed by atoms with Crippen molar-refractivity contribution in [3.63, 3.8) is 0 Å². The molecule has 3 atom stereocenters. The van der Waals surface area contributed by atoms with E-state index < -0.39 is 17.5 Å². The molecule has 6 nitrogen and oxygen atoms in total. The van der Waals surface area contributed by atoms with Crippen LogP contribution in [0.4, 0.5) is 4.79 Å². The zero-order valence-corrected chi connectivity index (χ0v) is 13.7. The van der Waals surface area contributed by atoms with Crippen molar-refractivity contribution in [3.05, 3.63) is 11.8 Å². The van der Waals surface area contributed by atoms with Crippen LogP contribution in [0.1, 0.15) is 47.5 Å². The number of fused-ring (bicyclic) bond motifs is 2. The number of amides is 2. The molecule has 0 bridgehead atoms. The number of rotatable bonds is 0. The SMILES string of the molecule is CC(C)(C)OC(=O)N1C(=O)C[C@@H]2C[C@@H]3OC(C)(C)O[C@@H]3C=C21. The van der Waals surface area contributed by atoms with Gasteiger partial charge in [-0.05, 0) is 47.1 Å². The molecular formula is C16H23NO5. The van der Waals surface area contributed by atoms with Crippen molar-refractivity contribution in [3.8, 4) is 0 Å². The fourth-order valence-corrected chi connectivity index (χ4v) is 3.30. The molecule has 2 saturated heterocycles. The monoisotopic (exact) mass is 309 g/mol. The van der Waals surface area contributed by atoms with Crippen molar-refractivity contribution in [2.45, 2.75) is 71.1 Å². The number of hydrogen-bond acceptors (Lipinski definition) is 5. The van der Waals surface area contributed by atoms with Crippen molar-refractivity contribution in [1.29, 1.82) is 0 Å². The average molecular weight is 309 g/mol. The van der Waals surface area contributed by atoms with Crippen LogP contribution in [0.15, 0.2) is 11.8 Å². The second-order valence-electron chi connectivity index (χ2n) is 7.58. The maximum Gasteiger partial charge on any atom is 0.421 e. The molecular weight excluding hydrogens is 286 g/mol. The van der Waals surface area contributed by atoms with Gasteiger partial charge < -0.3 is 14.2 Å². The summed E-state index contributed by atoms with van der Waals surface area (Å²) >= 11 is 0. The van der Waals surface area contributed by atoms with E-state index in [1.165, 1.54) is 4.90 Å². The molecule has 0 N–H and O–H groups in total. The van der Waals surface area contributed by atoms with Crippen molar-refractivity contribution < 1.29 is 23.8 Å². The fraction of sp³-hybridized carbons (Fsp3) is 0.750. The summed E-state index contributed by atoms with van der Waals surface area (Å²) in [4.78, 5) is 25.7. The van der Waals surface area contributed by atoms with E-state index in [0.717, 1.165) is 0 Å². The number of carbonyl (C=O) groups is 2. The second-order valence-corrected chi connectivity index (χ2v) is 7.58. The number of ether oxygens (including phenoxy) is 3. The lowest BCUT2D eigenvalue weighted by Gasteiger charge is -2.29. The lowest BCUT2D eigenvalue weighted by molar-refractivity contribution is -0.143. The minimum Gasteiger partial charge on any atom is -0.443 e. The van der Waals surface area contributed by atoms with Gasteiger partial charge in [-0.25, -0.2) is 9.69 Å². The zero-order chi connectivity index (χ0) is 16.3. The molecule has 0 aromatic heterocycles. The summed E-state index contributed by atoms with van der Waals surface area (Å²) in [5.41, 5.74) is 0.0594. The van der Waals surface area contributed by atoms with Gasteiger partial charge in [-0.15, -0.1) is 0 Å². The molecule has 122 valence electrons. The number of imide groups is 1. The summed E-state index contributed by atoms with van der Waals surface area (Å²) in [6.07, 6.45) is 1.96. The predicted octanol–water partition coefficient (Wildman–Crippen LogP) is 2.58. The Balaban J connectivity index is 1.84. The van der Waals surface area contributed by atoms with Crippen LogP contribution in [0.2, 0.25) is 0 Å². The summed E-state index contributed by atoms with van der Waals surface area (Å²) in [7, 11) is 0. The summed E-state index contributed by atoms with van der Waals surface area (Å²) in [6, 6.07) is 0. The highest BCUT2D eigenvalue weighted by molar-refractivity contribution is 5.97. The van der Waals surface area contributed by atoms with Crippen LogP contribution in [0.5, 0.6) is 0 Å². The molecule has 0 aromatic rings. The molecule has 0 spiro atoms. The smallest absolute Gasteiger partial charge is 0.421 e. The molecule has 1 aliphatic carbocycles. The molecule has 22 heavy (non-hydrogen) atoms. The molecule has 6 heteroatoms. The molecule has 2 heterocycles. The van der Waals surface area contributed by atoms with Gasteiger partial charge in [0.2, 0.25) is 5.91 Å². The Kier molecular flexibility index (Phi) is 3.38. The van der Waals surface area contributed by atoms with E-state index in [-0.39, 0.29) is 24.0 Å². The Morgan fingerprint density at radius 2 is 2.05 bits per heavy atom. The summed E-state index contributed by atoms with van der Waals surface area (Å²) in [5, 5.41) is 0. The summed E-state index contributed by atoms with van der Waals surface area (Å²) in [6.45, 7) is 9.09. The molecule has 2 aliphatic heterocycles. The van der Waals surface area contributed by atoms with Crippen molar-refractivity contribution in [1.82, 2.24) is 4.90 Å². The van der Waals surface area contributed by atoms with Gasteiger partial charge in [0.25, 0.3) is 0 Å². The van der Waals surface area contributed by atoms with Crippen molar-refractivity contribution in [2.24, 2.45) is 5.92 Å². The first-order valence-corrected chi connectivity index (χ1v) is 7.69. The summed E-state index contributed by atoms with van der Waals surface area (Å²) < 4.78 is 17.0. The third-order valence-corrected chi connectivity index (χ3v) is 4.00. The second kappa shape index (κ2) is 4.80. The Bertz CT molecular complexity index is 545. The average Bonchev–Trinajstić information content (AvgIpc) is 2.76. The highest BCUT2D eigenvalue weighted by atomic mass is 16.7. The van der Waals surface area contributed by atoms with Crippen molar-refractivity contribution in [2.75, 3.05) is 0 Å². The van der Waals surface area contributed by atoms with E-state index in [1.807, 2.05) is 19.9 Å². The van der Waals surface area contributed by atoms with E-state index in [2.05, 4.69) is 0 Å². The third-order valence-electron chi connectivity index (χ3n) is 4.00. The number of carbonyl (C=O) groups excluding carboxylic acids is 2. The van der Waals surface area contributed by atoms with E-state index in [9.17, 15) is 9.59 Å². The lowest BCUT2D eigenvalue weighted by atomic mass is 9.89. The van der Waals surface area contributed by atoms with Crippen LogP contribution in [0.25, 0.3) is 0 Å². The molecule has 2 fully saturated rings. The van der Waals surface area contributed by atoms with Crippen LogP contribution in [0.3, 0.4) is 0 Å². The van der Waals surface area contributed by atoms with Crippen molar-refractivity contribution >= 4 is 12.0 Å². The lowest BCUT2D eigenvalue weighted by Crippen LogP contribution is -2.38. The Morgan fingerprint density at radius 1 is 1.36 bits per heavy atom. The standard InChI is InChI=1S/C16H23NO5/c1-15(2,3)22-14(19)17-10-8-12-11(20-16(4,5)21-12)6-9(10)7-13(17)18/h8-9,11-12H,6-7H2,1-5H3/t9-,11-,12+/m0/s1. The third kappa shape index (κ3) is 2.77. The topological polar surface area (TPSA) is 65.1 Å². The van der Waals surface area contributed by atoms with Gasteiger partial charge in [0.1, 0.15) is 11.7 Å². The number of likely N-dealkylation sites (tertiary alicyclic amines) is 1. The minimum absolute atomic E-state index is 0.00114. The van der Waals surface area contributed by atoms with Gasteiger partial charge in [-0.2, -0.15) is 0 Å². The van der Waals surface area contributed by atoms with Crippen LogP contribution in [-0.2, 0) is 19.0 Å². The first kappa shape index (κ1) is 15.5. The quantitative estimate of drug-likeness (QED) is 0.688. The normalized spacial score (nSPS) is 33.3. The minimum atomic E-state index is -0.637. The molecule has 0 aromatic carbocycles. The first-order chi connectivity index (χ1) is 10.1. The highest BCUT2D eigenvalue weighted by Crippen LogP contribution is 2.43. The van der Waals surface area contributed by atoms with Gasteiger partial charge in [0.15, 0.2) is 5.79 Å². The van der Waals surface area contributed by atoms with E-state index in [0.29, 0.717) is 18.5 Å². The van der Waals surface area contributed by atoms with Gasteiger partial charge >= 0.3 is 6.09 Å². The Hall–Kier alpha value is -1.40. The van der Waals surface area contributed by atoms with Crippen LogP contribution < -0.4 is 0 Å². The van der Waals surface area contributed by atoms with Gasteiger partial charge in [0.05, 0.1) is 6.10 Å². The van der Waals surface area contributed by atoms with Gasteiger partial charge in [-0.1, -0.05) is 0 Å². The Labute approximate surface area is 130 Å². The Morgan fingerprint density at radius 3 is 2.68 bits per heavy atom. The van der Waals surface area contributed by atoms with E-state index in [4.69, 9.17) is 14.2 Å². The maximum absolute atomic E-state index is 12.3. The molecule has 0 saturated carbocycles. The maximum atomic E-state index is 12.3. The van der Waals surface area contributed by atoms with Crippen LogP contribution in [-0.4, -0.2) is 40.5 Å². The predicted molar refractivity (Wildman–Crippen MR) is 77.7 cm³/mol. The molecule has 0 radical (unpaired) electrons. The van der Waals surface area contributed by atoms with E-state index in [1.54, 1.807) is 20.8 Å². The fourth-order valence-electron chi connectivity index (χ4n) is 3.30. The summed E-state index contributed by atoms with van der Waals surface area (Å²) in [5.74, 6) is -0.852.